The quantitative estimate of drug-likeness (QED) is 0.631. The number of nitrogens with zero attached hydrogens (tertiary/aromatic N) is 1. The van der Waals surface area contributed by atoms with Crippen LogP contribution in [0.1, 0.15) is 19.3 Å². The molecule has 1 rings (SSSR count). The third kappa shape index (κ3) is 2.19. The topological polar surface area (TPSA) is 35.5 Å². The minimum Gasteiger partial charge on any atom is -0.396 e. The van der Waals surface area contributed by atoms with Gasteiger partial charge in [0.05, 0.1) is 0 Å². The predicted molar refractivity (Wildman–Crippen MR) is 50.2 cm³/mol. The fourth-order valence-electron chi connectivity index (χ4n) is 1.89. The summed E-state index contributed by atoms with van der Waals surface area (Å²) in [5.41, 5.74) is 0.210. The zero-order chi connectivity index (χ0) is 9.03. The zero-order valence-electron chi connectivity index (χ0n) is 8.14. The monoisotopic (exact) mass is 172 g/mol. The molecule has 0 aromatic rings. The molecule has 1 aliphatic rings. The van der Waals surface area contributed by atoms with Crippen LogP contribution in [0.25, 0.3) is 0 Å². The largest absolute Gasteiger partial charge is 0.396 e. The third-order valence-corrected chi connectivity index (χ3v) is 3.06. The Morgan fingerprint density at radius 3 is 2.42 bits per heavy atom. The maximum absolute atomic E-state index is 8.93. The second-order valence-electron chi connectivity index (χ2n) is 3.81. The van der Waals surface area contributed by atoms with Crippen LogP contribution in [0.3, 0.4) is 0 Å². The van der Waals surface area contributed by atoms with Gasteiger partial charge in [0, 0.05) is 12.1 Å². The molecule has 1 heterocycles. The van der Waals surface area contributed by atoms with E-state index in [0.29, 0.717) is 6.61 Å². The van der Waals surface area contributed by atoms with E-state index in [-0.39, 0.29) is 5.54 Å². The summed E-state index contributed by atoms with van der Waals surface area (Å²) in [6.07, 6.45) is 3.19. The Balaban J connectivity index is 2.45. The van der Waals surface area contributed by atoms with E-state index in [9.17, 15) is 0 Å². The molecule has 0 aromatic carbocycles. The van der Waals surface area contributed by atoms with Crippen LogP contribution in [0.5, 0.6) is 0 Å². The number of hydrogen-bond acceptors (Lipinski definition) is 3. The summed E-state index contributed by atoms with van der Waals surface area (Å²) in [4.78, 5) is 2.34. The smallest absolute Gasteiger partial charge is 0.0448 e. The Morgan fingerprint density at radius 2 is 2.00 bits per heavy atom. The van der Waals surface area contributed by atoms with Crippen molar-refractivity contribution in [3.05, 3.63) is 0 Å². The number of aliphatic hydroxyl groups excluding tert-OH is 1. The minimum atomic E-state index is 0.210. The van der Waals surface area contributed by atoms with Gasteiger partial charge in [0.15, 0.2) is 0 Å². The Bertz CT molecular complexity index is 130. The first-order valence-corrected chi connectivity index (χ1v) is 4.71. The van der Waals surface area contributed by atoms with Gasteiger partial charge in [0.25, 0.3) is 0 Å². The number of nitrogens with one attached hydrogen (secondary N) is 1. The van der Waals surface area contributed by atoms with E-state index in [0.717, 1.165) is 32.4 Å². The molecule has 0 unspecified atom stereocenters. The van der Waals surface area contributed by atoms with E-state index in [4.69, 9.17) is 5.11 Å². The van der Waals surface area contributed by atoms with E-state index >= 15 is 0 Å². The van der Waals surface area contributed by atoms with Gasteiger partial charge < -0.3 is 15.3 Å². The standard InChI is InChI=1S/C9H20N2O/c1-10-9(5-8-12)3-6-11(2)7-4-9/h10,12H,3-8H2,1-2H3. The molecule has 1 aliphatic heterocycles. The molecule has 1 fully saturated rings. The average Bonchev–Trinajstić information content (AvgIpc) is 2.10. The first-order chi connectivity index (χ1) is 5.72. The van der Waals surface area contributed by atoms with Crippen molar-refractivity contribution in [2.24, 2.45) is 0 Å². The number of rotatable bonds is 3. The van der Waals surface area contributed by atoms with Gasteiger partial charge in [-0.3, -0.25) is 0 Å². The van der Waals surface area contributed by atoms with Gasteiger partial charge in [-0.15, -0.1) is 0 Å². The van der Waals surface area contributed by atoms with Crippen LogP contribution in [-0.4, -0.2) is 49.3 Å². The lowest BCUT2D eigenvalue weighted by atomic mass is 9.85. The van der Waals surface area contributed by atoms with Crippen molar-refractivity contribution in [1.29, 1.82) is 0 Å². The molecular weight excluding hydrogens is 152 g/mol. The van der Waals surface area contributed by atoms with Crippen LogP contribution in [0.15, 0.2) is 0 Å². The predicted octanol–water partition coefficient (Wildman–Crippen LogP) is 0.0526. The third-order valence-electron chi connectivity index (χ3n) is 3.06. The van der Waals surface area contributed by atoms with Crippen molar-refractivity contribution in [1.82, 2.24) is 10.2 Å². The second-order valence-corrected chi connectivity index (χ2v) is 3.81. The van der Waals surface area contributed by atoms with E-state index in [2.05, 4.69) is 17.3 Å². The number of piperidine rings is 1. The molecule has 3 nitrogen and oxygen atoms in total. The summed E-state index contributed by atoms with van der Waals surface area (Å²) in [7, 11) is 4.15. The Kier molecular flexibility index (Phi) is 3.50. The molecular formula is C9H20N2O. The Labute approximate surface area is 74.8 Å². The molecule has 0 spiro atoms. The second kappa shape index (κ2) is 4.21. The SMILES string of the molecule is CNC1(CCO)CCN(C)CC1. The molecule has 3 heteroatoms. The van der Waals surface area contributed by atoms with E-state index in [1.165, 1.54) is 0 Å². The van der Waals surface area contributed by atoms with Crippen molar-refractivity contribution in [2.75, 3.05) is 33.8 Å². The first-order valence-electron chi connectivity index (χ1n) is 4.71. The molecule has 0 atom stereocenters. The maximum Gasteiger partial charge on any atom is 0.0448 e. The molecule has 0 saturated carbocycles. The summed E-state index contributed by atoms with van der Waals surface area (Å²) in [6, 6.07) is 0. The van der Waals surface area contributed by atoms with Crippen LogP contribution < -0.4 is 5.32 Å². The first kappa shape index (κ1) is 9.96. The molecule has 1 saturated heterocycles. The lowest BCUT2D eigenvalue weighted by molar-refractivity contribution is 0.130. The van der Waals surface area contributed by atoms with E-state index < -0.39 is 0 Å². The summed E-state index contributed by atoms with van der Waals surface area (Å²) >= 11 is 0. The van der Waals surface area contributed by atoms with E-state index in [1.54, 1.807) is 0 Å². The van der Waals surface area contributed by atoms with Gasteiger partial charge in [-0.25, -0.2) is 0 Å². The number of hydrogen-bond donors (Lipinski definition) is 2. The summed E-state index contributed by atoms with van der Waals surface area (Å²) in [6.45, 7) is 2.58. The van der Waals surface area contributed by atoms with E-state index in [1.807, 2.05) is 7.05 Å². The highest BCUT2D eigenvalue weighted by atomic mass is 16.3. The van der Waals surface area contributed by atoms with Crippen molar-refractivity contribution in [2.45, 2.75) is 24.8 Å². The highest BCUT2D eigenvalue weighted by Crippen LogP contribution is 2.24. The summed E-state index contributed by atoms with van der Waals surface area (Å²) in [5.74, 6) is 0. The number of aliphatic hydroxyl groups is 1. The van der Waals surface area contributed by atoms with Crippen molar-refractivity contribution < 1.29 is 5.11 Å². The number of likely N-dealkylation sites (tertiary alicyclic amines) is 1. The molecule has 12 heavy (non-hydrogen) atoms. The minimum absolute atomic E-state index is 0.210. The van der Waals surface area contributed by atoms with Crippen LogP contribution in [-0.2, 0) is 0 Å². The normalized spacial score (nSPS) is 24.2. The Morgan fingerprint density at radius 1 is 1.42 bits per heavy atom. The van der Waals surface area contributed by atoms with Crippen LogP contribution in [0, 0.1) is 0 Å². The fraction of sp³-hybridized carbons (Fsp3) is 1.00. The maximum atomic E-state index is 8.93. The van der Waals surface area contributed by atoms with Crippen LogP contribution in [0.2, 0.25) is 0 Å². The van der Waals surface area contributed by atoms with Crippen molar-refractivity contribution in [3.8, 4) is 0 Å². The molecule has 0 aromatic heterocycles. The van der Waals surface area contributed by atoms with Crippen molar-refractivity contribution in [3.63, 3.8) is 0 Å². The van der Waals surface area contributed by atoms with Gasteiger partial charge in [0.1, 0.15) is 0 Å². The van der Waals surface area contributed by atoms with Crippen molar-refractivity contribution >= 4 is 0 Å². The van der Waals surface area contributed by atoms with Gasteiger partial charge in [-0.2, -0.15) is 0 Å². The van der Waals surface area contributed by atoms with Gasteiger partial charge in [0.2, 0.25) is 0 Å². The Hall–Kier alpha value is -0.120. The molecule has 0 radical (unpaired) electrons. The molecule has 2 N–H and O–H groups in total. The van der Waals surface area contributed by atoms with Crippen LogP contribution in [0.4, 0.5) is 0 Å². The summed E-state index contributed by atoms with van der Waals surface area (Å²) < 4.78 is 0. The molecule has 0 bridgehead atoms. The fourth-order valence-corrected chi connectivity index (χ4v) is 1.89. The van der Waals surface area contributed by atoms with Gasteiger partial charge in [-0.05, 0) is 46.4 Å². The molecule has 72 valence electrons. The highest BCUT2D eigenvalue weighted by Gasteiger charge is 2.30. The molecule has 0 amide bonds. The average molecular weight is 172 g/mol. The lowest BCUT2D eigenvalue weighted by Crippen LogP contribution is -2.51. The van der Waals surface area contributed by atoms with Gasteiger partial charge >= 0.3 is 0 Å². The van der Waals surface area contributed by atoms with Crippen LogP contribution >= 0.6 is 0 Å². The lowest BCUT2D eigenvalue weighted by Gasteiger charge is -2.40. The zero-order valence-corrected chi connectivity index (χ0v) is 8.14. The highest BCUT2D eigenvalue weighted by molar-refractivity contribution is 4.91. The van der Waals surface area contributed by atoms with Gasteiger partial charge in [-0.1, -0.05) is 0 Å². The summed E-state index contributed by atoms with van der Waals surface area (Å²) in [5, 5.41) is 12.3. The molecule has 0 aliphatic carbocycles.